The minimum Gasteiger partial charge on any atom is -0.356 e. The Labute approximate surface area is 145 Å². The molecule has 0 fully saturated rings. The molecular formula is C16H27IN4. The summed E-state index contributed by atoms with van der Waals surface area (Å²) < 4.78 is 0. The summed E-state index contributed by atoms with van der Waals surface area (Å²) in [5, 5.41) is 6.70. The molecule has 0 bridgehead atoms. The van der Waals surface area contributed by atoms with Crippen LogP contribution in [0.15, 0.2) is 29.3 Å². The molecule has 0 saturated carbocycles. The van der Waals surface area contributed by atoms with Crippen LogP contribution in [0.25, 0.3) is 0 Å². The third-order valence-electron chi connectivity index (χ3n) is 3.76. The Balaban J connectivity index is 0.00000220. The Bertz CT molecular complexity index is 459. The minimum absolute atomic E-state index is 0. The average molecular weight is 402 g/mol. The van der Waals surface area contributed by atoms with Crippen LogP contribution in [0.3, 0.4) is 0 Å². The fourth-order valence-electron chi connectivity index (χ4n) is 2.17. The largest absolute Gasteiger partial charge is 0.356 e. The topological polar surface area (TPSA) is 39.7 Å². The van der Waals surface area contributed by atoms with Crippen molar-refractivity contribution in [2.75, 3.05) is 20.1 Å². The van der Waals surface area contributed by atoms with Crippen LogP contribution in [0.1, 0.15) is 31.4 Å². The third kappa shape index (κ3) is 5.82. The zero-order chi connectivity index (χ0) is 14.4. The Morgan fingerprint density at radius 3 is 2.62 bits per heavy atom. The first-order valence-corrected chi connectivity index (χ1v) is 7.46. The highest BCUT2D eigenvalue weighted by Gasteiger charge is 2.09. The molecular weight excluding hydrogens is 375 g/mol. The fourth-order valence-corrected chi connectivity index (χ4v) is 2.17. The molecule has 0 amide bonds. The van der Waals surface area contributed by atoms with E-state index in [0.29, 0.717) is 6.04 Å². The number of hydrogen-bond donors (Lipinski definition) is 2. The van der Waals surface area contributed by atoms with E-state index in [0.717, 1.165) is 38.6 Å². The van der Waals surface area contributed by atoms with Gasteiger partial charge in [-0.25, -0.2) is 0 Å². The highest BCUT2D eigenvalue weighted by atomic mass is 127. The van der Waals surface area contributed by atoms with Gasteiger partial charge in [-0.1, -0.05) is 24.3 Å². The molecule has 0 aliphatic carbocycles. The summed E-state index contributed by atoms with van der Waals surface area (Å²) in [4.78, 5) is 6.80. The molecule has 118 valence electrons. The van der Waals surface area contributed by atoms with Gasteiger partial charge in [0.05, 0.1) is 0 Å². The Kier molecular flexibility index (Phi) is 8.03. The molecule has 0 saturated heterocycles. The van der Waals surface area contributed by atoms with Crippen LogP contribution in [-0.2, 0) is 13.1 Å². The molecule has 0 atom stereocenters. The van der Waals surface area contributed by atoms with Crippen LogP contribution in [-0.4, -0.2) is 37.0 Å². The van der Waals surface area contributed by atoms with E-state index in [1.165, 1.54) is 11.1 Å². The average Bonchev–Trinajstić information content (AvgIpc) is 2.47. The lowest BCUT2D eigenvalue weighted by molar-refractivity contribution is 0.265. The van der Waals surface area contributed by atoms with Crippen molar-refractivity contribution in [1.82, 2.24) is 15.5 Å². The minimum atomic E-state index is 0. The van der Waals surface area contributed by atoms with Gasteiger partial charge in [-0.05, 0) is 38.4 Å². The number of benzene rings is 1. The molecule has 1 aromatic carbocycles. The molecule has 1 heterocycles. The maximum atomic E-state index is 4.45. The van der Waals surface area contributed by atoms with Crippen molar-refractivity contribution < 1.29 is 0 Å². The van der Waals surface area contributed by atoms with Crippen molar-refractivity contribution >= 4 is 29.9 Å². The second-order valence-electron chi connectivity index (χ2n) is 5.64. The van der Waals surface area contributed by atoms with Crippen LogP contribution in [0, 0.1) is 0 Å². The van der Waals surface area contributed by atoms with Crippen LogP contribution in [0.4, 0.5) is 0 Å². The molecule has 0 radical (unpaired) electrons. The first kappa shape index (κ1) is 18.2. The standard InChI is InChI=1S/C16H26N4.HI/c1-13(2)20(3)12-15-8-5-4-7-14(15)11-19-16-17-9-6-10-18-16;/h4-5,7-8,13H,6,9-12H2,1-3H3,(H2,17,18,19);1H. The van der Waals surface area contributed by atoms with Crippen molar-refractivity contribution in [1.29, 1.82) is 0 Å². The van der Waals surface area contributed by atoms with E-state index in [2.05, 4.69) is 65.7 Å². The van der Waals surface area contributed by atoms with E-state index in [1.807, 2.05) is 0 Å². The van der Waals surface area contributed by atoms with Crippen molar-refractivity contribution in [2.45, 2.75) is 39.4 Å². The van der Waals surface area contributed by atoms with Gasteiger partial charge in [0, 0.05) is 32.2 Å². The van der Waals surface area contributed by atoms with E-state index in [4.69, 9.17) is 0 Å². The molecule has 0 unspecified atom stereocenters. The number of nitrogens with zero attached hydrogens (tertiary/aromatic N) is 2. The zero-order valence-electron chi connectivity index (χ0n) is 13.2. The number of aliphatic imine (C=N–C) groups is 1. The Morgan fingerprint density at radius 1 is 1.29 bits per heavy atom. The van der Waals surface area contributed by atoms with Crippen LogP contribution in [0.2, 0.25) is 0 Å². The molecule has 1 aromatic rings. The number of halogens is 1. The predicted octanol–water partition coefficient (Wildman–Crippen LogP) is 2.58. The summed E-state index contributed by atoms with van der Waals surface area (Å²) >= 11 is 0. The van der Waals surface area contributed by atoms with Crippen LogP contribution in [0.5, 0.6) is 0 Å². The van der Waals surface area contributed by atoms with Crippen molar-refractivity contribution in [3.8, 4) is 0 Å². The first-order valence-electron chi connectivity index (χ1n) is 7.46. The van der Waals surface area contributed by atoms with E-state index in [9.17, 15) is 0 Å². The van der Waals surface area contributed by atoms with Gasteiger partial charge in [-0.2, -0.15) is 0 Å². The lowest BCUT2D eigenvalue weighted by Crippen LogP contribution is -2.40. The van der Waals surface area contributed by atoms with Crippen molar-refractivity contribution in [3.63, 3.8) is 0 Å². The Hall–Kier alpha value is -0.820. The number of guanidine groups is 1. The molecule has 5 heteroatoms. The smallest absolute Gasteiger partial charge is 0.191 e. The predicted molar refractivity (Wildman–Crippen MR) is 100 cm³/mol. The van der Waals surface area contributed by atoms with Gasteiger partial charge in [0.15, 0.2) is 5.96 Å². The van der Waals surface area contributed by atoms with E-state index >= 15 is 0 Å². The summed E-state index contributed by atoms with van der Waals surface area (Å²) in [5.74, 6) is 0.934. The second kappa shape index (κ2) is 9.25. The van der Waals surface area contributed by atoms with Gasteiger partial charge < -0.3 is 10.6 Å². The van der Waals surface area contributed by atoms with Gasteiger partial charge in [0.1, 0.15) is 0 Å². The molecule has 0 spiro atoms. The molecule has 21 heavy (non-hydrogen) atoms. The molecule has 0 aromatic heterocycles. The van der Waals surface area contributed by atoms with Crippen molar-refractivity contribution in [3.05, 3.63) is 35.4 Å². The first-order chi connectivity index (χ1) is 9.66. The maximum Gasteiger partial charge on any atom is 0.191 e. The highest BCUT2D eigenvalue weighted by molar-refractivity contribution is 14.0. The fraction of sp³-hybridized carbons (Fsp3) is 0.562. The van der Waals surface area contributed by atoms with Crippen LogP contribution >= 0.6 is 24.0 Å². The summed E-state index contributed by atoms with van der Waals surface area (Å²) in [7, 11) is 2.17. The number of rotatable bonds is 5. The molecule has 1 aliphatic heterocycles. The quantitative estimate of drug-likeness (QED) is 0.744. The summed E-state index contributed by atoms with van der Waals surface area (Å²) in [6, 6.07) is 9.18. The third-order valence-corrected chi connectivity index (χ3v) is 3.76. The number of hydrogen-bond acceptors (Lipinski definition) is 4. The number of nitrogens with one attached hydrogen (secondary N) is 2. The monoisotopic (exact) mass is 402 g/mol. The Morgan fingerprint density at radius 2 is 2.00 bits per heavy atom. The van der Waals surface area contributed by atoms with E-state index in [-0.39, 0.29) is 24.0 Å². The zero-order valence-corrected chi connectivity index (χ0v) is 15.6. The van der Waals surface area contributed by atoms with Crippen LogP contribution < -0.4 is 10.6 Å². The van der Waals surface area contributed by atoms with Crippen molar-refractivity contribution in [2.24, 2.45) is 4.99 Å². The van der Waals surface area contributed by atoms with Gasteiger partial charge in [0.2, 0.25) is 0 Å². The molecule has 2 rings (SSSR count). The molecule has 1 aliphatic rings. The highest BCUT2D eigenvalue weighted by Crippen LogP contribution is 2.12. The summed E-state index contributed by atoms with van der Waals surface area (Å²) in [6.45, 7) is 8.20. The van der Waals surface area contributed by atoms with Gasteiger partial charge >= 0.3 is 0 Å². The lowest BCUT2D eigenvalue weighted by Gasteiger charge is -2.23. The van der Waals surface area contributed by atoms with E-state index < -0.39 is 0 Å². The molecule has 4 nitrogen and oxygen atoms in total. The van der Waals surface area contributed by atoms with E-state index in [1.54, 1.807) is 0 Å². The second-order valence-corrected chi connectivity index (χ2v) is 5.64. The maximum absolute atomic E-state index is 4.45. The SMILES string of the molecule is CC(C)N(C)Cc1ccccc1CNC1=NCCCN1.I. The van der Waals surface area contributed by atoms with Gasteiger partial charge in [-0.3, -0.25) is 9.89 Å². The normalized spacial score (nSPS) is 14.4. The molecule has 2 N–H and O–H groups in total. The summed E-state index contributed by atoms with van der Waals surface area (Å²) in [5.41, 5.74) is 2.72. The lowest BCUT2D eigenvalue weighted by atomic mass is 10.1. The van der Waals surface area contributed by atoms with Gasteiger partial charge in [-0.15, -0.1) is 24.0 Å². The summed E-state index contributed by atoms with van der Waals surface area (Å²) in [6.07, 6.45) is 1.13. The van der Waals surface area contributed by atoms with Gasteiger partial charge in [0.25, 0.3) is 0 Å².